The van der Waals surface area contributed by atoms with E-state index in [0.29, 0.717) is 22.7 Å². The van der Waals surface area contributed by atoms with Gasteiger partial charge in [-0.3, -0.25) is 14.3 Å². The van der Waals surface area contributed by atoms with Gasteiger partial charge in [0.25, 0.3) is 5.56 Å². The highest BCUT2D eigenvalue weighted by atomic mass is 32.1. The first kappa shape index (κ1) is 14.8. The summed E-state index contributed by atoms with van der Waals surface area (Å²) in [6, 6.07) is 9.92. The molecule has 1 aliphatic heterocycles. The van der Waals surface area contributed by atoms with Crippen LogP contribution in [-0.2, 0) is 6.67 Å². The Morgan fingerprint density at radius 3 is 2.79 bits per heavy atom. The lowest BCUT2D eigenvalue weighted by molar-refractivity contribution is 0.568. The predicted molar refractivity (Wildman–Crippen MR) is 90.9 cm³/mol. The van der Waals surface area contributed by atoms with E-state index in [1.54, 1.807) is 29.1 Å². The van der Waals surface area contributed by atoms with Gasteiger partial charge in [-0.05, 0) is 42.0 Å². The molecule has 0 atom stereocenters. The quantitative estimate of drug-likeness (QED) is 0.707. The van der Waals surface area contributed by atoms with E-state index in [2.05, 4.69) is 9.98 Å². The minimum absolute atomic E-state index is 0.0746. The second-order valence-corrected chi connectivity index (χ2v) is 6.38. The number of nitrogens with zero attached hydrogens (tertiary/aromatic N) is 4. The Balaban J connectivity index is 1.71. The highest BCUT2D eigenvalue weighted by molar-refractivity contribution is 7.07. The molecular weight excluding hydrogens is 327 g/mol. The molecule has 1 aliphatic rings. The normalized spacial score (nSPS) is 14.4. The number of hydrogen-bond acceptors (Lipinski definition) is 5. The van der Waals surface area contributed by atoms with Crippen LogP contribution in [0.25, 0.3) is 6.08 Å². The van der Waals surface area contributed by atoms with Crippen LogP contribution in [0.1, 0.15) is 5.56 Å². The number of fused-ring (bicyclic) bond motifs is 1. The molecule has 0 unspecified atom stereocenters. The van der Waals surface area contributed by atoms with Crippen LogP contribution in [-0.4, -0.2) is 16.2 Å². The second kappa shape index (κ2) is 6.01. The van der Waals surface area contributed by atoms with Crippen LogP contribution in [0.3, 0.4) is 0 Å². The second-order valence-electron chi connectivity index (χ2n) is 5.37. The van der Waals surface area contributed by atoms with E-state index in [1.165, 1.54) is 23.5 Å². The molecule has 3 heterocycles. The molecule has 0 N–H and O–H groups in total. The zero-order valence-electron chi connectivity index (χ0n) is 12.6. The first-order valence-corrected chi connectivity index (χ1v) is 8.19. The lowest BCUT2D eigenvalue weighted by atomic mass is 10.3. The first-order valence-electron chi connectivity index (χ1n) is 7.37. The predicted octanol–water partition coefficient (Wildman–Crippen LogP) is 1.33. The van der Waals surface area contributed by atoms with E-state index in [4.69, 9.17) is 0 Å². The van der Waals surface area contributed by atoms with Gasteiger partial charge in [-0.25, -0.2) is 9.38 Å². The Morgan fingerprint density at radius 1 is 1.21 bits per heavy atom. The number of pyridine rings is 1. The van der Waals surface area contributed by atoms with Crippen LogP contribution in [0, 0.1) is 5.82 Å². The molecule has 24 heavy (non-hydrogen) atoms. The summed E-state index contributed by atoms with van der Waals surface area (Å²) in [6.07, 6.45) is 5.23. The van der Waals surface area contributed by atoms with Crippen molar-refractivity contribution < 1.29 is 4.39 Å². The van der Waals surface area contributed by atoms with E-state index in [-0.39, 0.29) is 11.4 Å². The molecule has 0 bridgehead atoms. The smallest absolute Gasteiger partial charge is 0.271 e. The number of thiazole rings is 1. The monoisotopic (exact) mass is 340 g/mol. The molecule has 0 aliphatic carbocycles. The lowest BCUT2D eigenvalue weighted by Gasteiger charge is -2.25. The molecule has 5 nitrogen and oxygen atoms in total. The summed E-state index contributed by atoms with van der Waals surface area (Å²) in [5.74, 6) is -0.283. The van der Waals surface area contributed by atoms with Crippen LogP contribution in [0.5, 0.6) is 0 Å². The maximum atomic E-state index is 13.1. The van der Waals surface area contributed by atoms with Gasteiger partial charge in [-0.1, -0.05) is 17.4 Å². The van der Waals surface area contributed by atoms with E-state index in [1.807, 2.05) is 23.1 Å². The van der Waals surface area contributed by atoms with Crippen molar-refractivity contribution in [3.8, 4) is 0 Å². The maximum Gasteiger partial charge on any atom is 0.271 e. The van der Waals surface area contributed by atoms with Crippen LogP contribution in [0.15, 0.2) is 58.6 Å². The average molecular weight is 340 g/mol. The minimum atomic E-state index is -0.283. The molecular formula is C17H13FN4OS. The molecule has 3 aromatic rings. The van der Waals surface area contributed by atoms with Crippen molar-refractivity contribution in [2.24, 2.45) is 4.99 Å². The third-order valence-corrected chi connectivity index (χ3v) is 4.80. The number of halogens is 1. The zero-order valence-corrected chi connectivity index (χ0v) is 13.4. The molecule has 0 saturated carbocycles. The van der Waals surface area contributed by atoms with Gasteiger partial charge in [0.2, 0.25) is 0 Å². The molecule has 1 aromatic carbocycles. The standard InChI is InChI=1S/C17H13FN4OS/c18-13-3-5-14(6-4-13)21-10-20-17-22(11-21)16(23)15(24-17)8-12-2-1-7-19-9-12/h1-9H,10-11H2. The summed E-state index contributed by atoms with van der Waals surface area (Å²) in [5, 5.41) is 0. The molecule has 0 saturated heterocycles. The van der Waals surface area contributed by atoms with Gasteiger partial charge >= 0.3 is 0 Å². The topological polar surface area (TPSA) is 50.5 Å². The molecule has 0 fully saturated rings. The summed E-state index contributed by atoms with van der Waals surface area (Å²) in [4.78, 5) is 23.8. The number of rotatable bonds is 2. The van der Waals surface area contributed by atoms with Crippen molar-refractivity contribution in [2.75, 3.05) is 11.6 Å². The summed E-state index contributed by atoms with van der Waals surface area (Å²) in [5.41, 5.74) is 1.64. The fraction of sp³-hybridized carbons (Fsp3) is 0.118. The van der Waals surface area contributed by atoms with Gasteiger partial charge in [0, 0.05) is 18.1 Å². The average Bonchev–Trinajstić information content (AvgIpc) is 2.92. The lowest BCUT2D eigenvalue weighted by Crippen LogP contribution is -2.42. The summed E-state index contributed by atoms with van der Waals surface area (Å²) < 4.78 is 15.3. The summed E-state index contributed by atoms with van der Waals surface area (Å²) in [6.45, 7) is 0.846. The van der Waals surface area contributed by atoms with Gasteiger partial charge < -0.3 is 4.90 Å². The molecule has 120 valence electrons. The Bertz CT molecular complexity index is 1040. The van der Waals surface area contributed by atoms with Crippen molar-refractivity contribution in [3.05, 3.63) is 79.9 Å². The highest BCUT2D eigenvalue weighted by Gasteiger charge is 2.15. The number of aromatic nitrogens is 2. The van der Waals surface area contributed by atoms with Crippen LogP contribution < -0.4 is 19.8 Å². The maximum absolute atomic E-state index is 13.1. The molecule has 0 radical (unpaired) electrons. The van der Waals surface area contributed by atoms with Crippen molar-refractivity contribution in [1.82, 2.24) is 9.55 Å². The first-order chi connectivity index (χ1) is 11.7. The Hall–Kier alpha value is -2.80. The van der Waals surface area contributed by atoms with Crippen LogP contribution in [0.4, 0.5) is 10.1 Å². The Labute approximate surface area is 140 Å². The fourth-order valence-corrected chi connectivity index (χ4v) is 3.50. The van der Waals surface area contributed by atoms with Crippen LogP contribution >= 0.6 is 11.3 Å². The third-order valence-electron chi connectivity index (χ3n) is 3.75. The van der Waals surface area contributed by atoms with Crippen molar-refractivity contribution in [2.45, 2.75) is 6.67 Å². The Kier molecular flexibility index (Phi) is 3.70. The van der Waals surface area contributed by atoms with Crippen molar-refractivity contribution >= 4 is 23.1 Å². The van der Waals surface area contributed by atoms with Gasteiger partial charge in [0.1, 0.15) is 19.2 Å². The van der Waals surface area contributed by atoms with Gasteiger partial charge in [0.15, 0.2) is 4.80 Å². The van der Waals surface area contributed by atoms with E-state index in [0.717, 1.165) is 11.3 Å². The highest BCUT2D eigenvalue weighted by Crippen LogP contribution is 2.16. The molecule has 2 aromatic heterocycles. The SMILES string of the molecule is O=c1c(=Cc2cccnc2)sc2n1CN(c1ccc(F)cc1)CN=2. The minimum Gasteiger partial charge on any atom is -0.334 e. The van der Waals surface area contributed by atoms with Crippen molar-refractivity contribution in [1.29, 1.82) is 0 Å². The summed E-state index contributed by atoms with van der Waals surface area (Å²) in [7, 11) is 0. The van der Waals surface area contributed by atoms with E-state index < -0.39 is 0 Å². The largest absolute Gasteiger partial charge is 0.334 e. The Morgan fingerprint density at radius 2 is 2.04 bits per heavy atom. The molecule has 4 rings (SSSR count). The fourth-order valence-electron chi connectivity index (χ4n) is 2.54. The number of benzene rings is 1. The summed E-state index contributed by atoms with van der Waals surface area (Å²) >= 11 is 1.37. The van der Waals surface area contributed by atoms with E-state index >= 15 is 0 Å². The molecule has 0 amide bonds. The number of anilines is 1. The van der Waals surface area contributed by atoms with Crippen molar-refractivity contribution in [3.63, 3.8) is 0 Å². The van der Waals surface area contributed by atoms with Gasteiger partial charge in [-0.2, -0.15) is 0 Å². The molecule has 7 heteroatoms. The zero-order chi connectivity index (χ0) is 16.5. The molecule has 0 spiro atoms. The van der Waals surface area contributed by atoms with Crippen LogP contribution in [0.2, 0.25) is 0 Å². The third kappa shape index (κ3) is 2.74. The number of hydrogen-bond donors (Lipinski definition) is 0. The van der Waals surface area contributed by atoms with E-state index in [9.17, 15) is 9.18 Å². The van der Waals surface area contributed by atoms with Gasteiger partial charge in [-0.15, -0.1) is 0 Å². The van der Waals surface area contributed by atoms with Gasteiger partial charge in [0.05, 0.1) is 4.53 Å².